The number of nitrogens with zero attached hydrogens (tertiary/aromatic N) is 2. The predicted octanol–water partition coefficient (Wildman–Crippen LogP) is 3.34. The molecule has 2 aliphatic heterocycles. The summed E-state index contributed by atoms with van der Waals surface area (Å²) in [4.78, 5) is 17.6. The lowest BCUT2D eigenvalue weighted by atomic mass is 9.82. The molecule has 1 amide bonds. The van der Waals surface area contributed by atoms with Crippen LogP contribution in [0.4, 0.5) is 0 Å². The van der Waals surface area contributed by atoms with Crippen LogP contribution in [0.5, 0.6) is 0 Å². The number of rotatable bonds is 5. The maximum atomic E-state index is 12.8. The molecule has 1 aliphatic carbocycles. The Balaban J connectivity index is 1.18. The Morgan fingerprint density at radius 2 is 1.57 bits per heavy atom. The van der Waals surface area contributed by atoms with E-state index in [4.69, 9.17) is 0 Å². The lowest BCUT2D eigenvalue weighted by molar-refractivity contribution is -0.138. The average molecular weight is 385 g/mol. The van der Waals surface area contributed by atoms with E-state index >= 15 is 0 Å². The first-order valence-electron chi connectivity index (χ1n) is 11.4. The molecule has 28 heavy (non-hydrogen) atoms. The van der Waals surface area contributed by atoms with E-state index in [0.717, 1.165) is 57.0 Å². The van der Waals surface area contributed by atoms with Crippen LogP contribution in [-0.2, 0) is 11.2 Å². The van der Waals surface area contributed by atoms with Crippen molar-refractivity contribution in [2.45, 2.75) is 57.5 Å². The molecule has 3 aliphatic rings. The highest BCUT2D eigenvalue weighted by Crippen LogP contribution is 2.33. The Morgan fingerprint density at radius 3 is 2.29 bits per heavy atom. The van der Waals surface area contributed by atoms with E-state index in [0.29, 0.717) is 5.91 Å². The number of amides is 1. The molecule has 154 valence electrons. The molecule has 0 bridgehead atoms. The van der Waals surface area contributed by atoms with Gasteiger partial charge in [0.05, 0.1) is 6.10 Å². The molecule has 4 nitrogen and oxygen atoms in total. The van der Waals surface area contributed by atoms with Crippen LogP contribution in [0.2, 0.25) is 0 Å². The van der Waals surface area contributed by atoms with Crippen molar-refractivity contribution in [3.8, 4) is 0 Å². The molecule has 2 heterocycles. The standard InChI is InChI=1S/C24H36N2O2/c27-23-8-6-21(7-9-23)24(28)26-16-12-20(13-17-26)22-11-15-25(18-22)14-10-19-4-2-1-3-5-19/h1-5,20-23,27H,6-18H2/t21?,22-,23?/m0/s1. The van der Waals surface area contributed by atoms with Crippen molar-refractivity contribution < 1.29 is 9.90 Å². The first kappa shape index (κ1) is 19.9. The molecular formula is C24H36N2O2. The number of benzene rings is 1. The SMILES string of the molecule is O=C(C1CCC(O)CC1)N1CCC([C@H]2CCN(CCc3ccccc3)C2)CC1. The first-order chi connectivity index (χ1) is 13.7. The third-order valence-corrected chi connectivity index (χ3v) is 7.43. The number of hydrogen-bond acceptors (Lipinski definition) is 3. The van der Waals surface area contributed by atoms with E-state index in [2.05, 4.69) is 40.1 Å². The zero-order chi connectivity index (χ0) is 19.3. The highest BCUT2D eigenvalue weighted by atomic mass is 16.3. The molecule has 0 aromatic heterocycles. The van der Waals surface area contributed by atoms with E-state index in [-0.39, 0.29) is 12.0 Å². The Hall–Kier alpha value is -1.39. The number of aliphatic hydroxyl groups is 1. The Kier molecular flexibility index (Phi) is 6.69. The zero-order valence-corrected chi connectivity index (χ0v) is 17.1. The molecule has 3 fully saturated rings. The topological polar surface area (TPSA) is 43.8 Å². The molecule has 4 heteroatoms. The molecule has 1 aromatic carbocycles. The molecule has 0 spiro atoms. The highest BCUT2D eigenvalue weighted by molar-refractivity contribution is 5.79. The maximum absolute atomic E-state index is 12.8. The number of likely N-dealkylation sites (tertiary alicyclic amines) is 2. The van der Waals surface area contributed by atoms with Gasteiger partial charge in [-0.3, -0.25) is 4.79 Å². The minimum atomic E-state index is -0.179. The highest BCUT2D eigenvalue weighted by Gasteiger charge is 2.35. The van der Waals surface area contributed by atoms with Crippen molar-refractivity contribution in [1.29, 1.82) is 0 Å². The van der Waals surface area contributed by atoms with Gasteiger partial charge >= 0.3 is 0 Å². The van der Waals surface area contributed by atoms with E-state index in [1.807, 2.05) is 0 Å². The summed E-state index contributed by atoms with van der Waals surface area (Å²) in [5.41, 5.74) is 1.44. The van der Waals surface area contributed by atoms with Gasteiger partial charge in [-0.15, -0.1) is 0 Å². The van der Waals surface area contributed by atoms with Gasteiger partial charge in [-0.25, -0.2) is 0 Å². The zero-order valence-electron chi connectivity index (χ0n) is 17.1. The van der Waals surface area contributed by atoms with Crippen LogP contribution in [0.1, 0.15) is 50.5 Å². The summed E-state index contributed by atoms with van der Waals surface area (Å²) >= 11 is 0. The number of carbonyl (C=O) groups is 1. The van der Waals surface area contributed by atoms with Crippen LogP contribution in [0.25, 0.3) is 0 Å². The average Bonchev–Trinajstić information content (AvgIpc) is 3.22. The molecule has 0 radical (unpaired) electrons. The second kappa shape index (κ2) is 9.41. The van der Waals surface area contributed by atoms with Crippen LogP contribution >= 0.6 is 0 Å². The molecule has 1 atom stereocenters. The molecular weight excluding hydrogens is 348 g/mol. The molecule has 1 aromatic rings. The van der Waals surface area contributed by atoms with E-state index in [1.54, 1.807) is 0 Å². The number of hydrogen-bond donors (Lipinski definition) is 1. The molecule has 0 unspecified atom stereocenters. The van der Waals surface area contributed by atoms with Gasteiger partial charge in [-0.1, -0.05) is 30.3 Å². The lowest BCUT2D eigenvalue weighted by Gasteiger charge is -2.37. The number of carbonyl (C=O) groups excluding carboxylic acids is 1. The summed E-state index contributed by atoms with van der Waals surface area (Å²) < 4.78 is 0. The van der Waals surface area contributed by atoms with Crippen LogP contribution in [0.3, 0.4) is 0 Å². The van der Waals surface area contributed by atoms with Crippen molar-refractivity contribution in [2.75, 3.05) is 32.7 Å². The summed E-state index contributed by atoms with van der Waals surface area (Å²) in [5.74, 6) is 2.14. The Morgan fingerprint density at radius 1 is 0.893 bits per heavy atom. The molecule has 1 N–H and O–H groups in total. The summed E-state index contributed by atoms with van der Waals surface area (Å²) in [6, 6.07) is 10.8. The first-order valence-corrected chi connectivity index (χ1v) is 11.4. The summed E-state index contributed by atoms with van der Waals surface area (Å²) in [6.07, 6.45) is 8.00. The van der Waals surface area contributed by atoms with Gasteiger partial charge < -0.3 is 14.9 Å². The van der Waals surface area contributed by atoms with E-state index in [1.165, 1.54) is 44.5 Å². The van der Waals surface area contributed by atoms with Gasteiger partial charge in [0.1, 0.15) is 0 Å². The Labute approximate surface area is 169 Å². The van der Waals surface area contributed by atoms with Crippen molar-refractivity contribution in [3.05, 3.63) is 35.9 Å². The van der Waals surface area contributed by atoms with E-state index in [9.17, 15) is 9.90 Å². The second-order valence-electron chi connectivity index (χ2n) is 9.25. The summed E-state index contributed by atoms with van der Waals surface area (Å²) in [6.45, 7) is 5.55. The third kappa shape index (κ3) is 4.96. The molecule has 2 saturated heterocycles. The minimum Gasteiger partial charge on any atom is -0.393 e. The molecule has 1 saturated carbocycles. The largest absolute Gasteiger partial charge is 0.393 e. The lowest BCUT2D eigenvalue weighted by Crippen LogP contribution is -2.44. The summed E-state index contributed by atoms with van der Waals surface area (Å²) in [7, 11) is 0. The predicted molar refractivity (Wildman–Crippen MR) is 112 cm³/mol. The van der Waals surface area contributed by atoms with Crippen molar-refractivity contribution in [2.24, 2.45) is 17.8 Å². The van der Waals surface area contributed by atoms with Gasteiger partial charge in [0.15, 0.2) is 0 Å². The van der Waals surface area contributed by atoms with Crippen molar-refractivity contribution >= 4 is 5.91 Å². The fraction of sp³-hybridized carbons (Fsp3) is 0.708. The van der Waals surface area contributed by atoms with Crippen LogP contribution < -0.4 is 0 Å². The fourth-order valence-corrected chi connectivity index (χ4v) is 5.55. The monoisotopic (exact) mass is 384 g/mol. The number of piperidine rings is 1. The van der Waals surface area contributed by atoms with Gasteiger partial charge in [-0.05, 0) is 75.3 Å². The van der Waals surface area contributed by atoms with Gasteiger partial charge in [0.25, 0.3) is 0 Å². The van der Waals surface area contributed by atoms with Gasteiger partial charge in [-0.2, -0.15) is 0 Å². The third-order valence-electron chi connectivity index (χ3n) is 7.43. The van der Waals surface area contributed by atoms with Crippen molar-refractivity contribution in [3.63, 3.8) is 0 Å². The van der Waals surface area contributed by atoms with Crippen LogP contribution in [0, 0.1) is 17.8 Å². The van der Waals surface area contributed by atoms with Crippen molar-refractivity contribution in [1.82, 2.24) is 9.80 Å². The van der Waals surface area contributed by atoms with Crippen LogP contribution in [0.15, 0.2) is 30.3 Å². The van der Waals surface area contributed by atoms with Gasteiger partial charge in [0.2, 0.25) is 5.91 Å². The minimum absolute atomic E-state index is 0.167. The fourth-order valence-electron chi connectivity index (χ4n) is 5.55. The van der Waals surface area contributed by atoms with E-state index < -0.39 is 0 Å². The van der Waals surface area contributed by atoms with Crippen LogP contribution in [-0.4, -0.2) is 59.6 Å². The van der Waals surface area contributed by atoms with Gasteiger partial charge in [0, 0.05) is 32.1 Å². The Bertz CT molecular complexity index is 619. The smallest absolute Gasteiger partial charge is 0.225 e. The quantitative estimate of drug-likeness (QED) is 0.847. The second-order valence-corrected chi connectivity index (χ2v) is 9.25. The normalized spacial score (nSPS) is 29.9. The molecule has 4 rings (SSSR count). The summed E-state index contributed by atoms with van der Waals surface area (Å²) in [5, 5.41) is 9.67. The maximum Gasteiger partial charge on any atom is 0.225 e. The number of aliphatic hydroxyl groups excluding tert-OH is 1.